The van der Waals surface area contributed by atoms with Crippen molar-refractivity contribution in [3.8, 4) is 0 Å². The minimum atomic E-state index is 0.145. The molecule has 1 heterocycles. The topological polar surface area (TPSA) is 22.0 Å². The van der Waals surface area contributed by atoms with Gasteiger partial charge in [0, 0.05) is 24.5 Å². The van der Waals surface area contributed by atoms with Crippen LogP contribution in [0.1, 0.15) is 30.6 Å². The summed E-state index contributed by atoms with van der Waals surface area (Å²) in [5.74, 6) is 2.53. The van der Waals surface area contributed by atoms with Gasteiger partial charge in [-0.15, -0.1) is 0 Å². The first-order chi connectivity index (χ1) is 6.74. The molecule has 0 aliphatic rings. The van der Waals surface area contributed by atoms with Crippen molar-refractivity contribution < 1.29 is 4.79 Å². The van der Waals surface area contributed by atoms with Gasteiger partial charge in [-0.1, -0.05) is 6.92 Å². The van der Waals surface area contributed by atoms with Gasteiger partial charge in [-0.05, 0) is 30.9 Å². The SMILES string of the molecule is CCSCCCn1ccc(C(C)=O)c1. The predicted octanol–water partition coefficient (Wildman–Crippen LogP) is 2.83. The summed E-state index contributed by atoms with van der Waals surface area (Å²) in [7, 11) is 0. The highest BCUT2D eigenvalue weighted by molar-refractivity contribution is 7.99. The molecular formula is C11H17NOS. The van der Waals surface area contributed by atoms with E-state index in [9.17, 15) is 4.79 Å². The summed E-state index contributed by atoms with van der Waals surface area (Å²) in [6.45, 7) is 4.79. The first-order valence-corrected chi connectivity index (χ1v) is 6.14. The van der Waals surface area contributed by atoms with Gasteiger partial charge in [-0.25, -0.2) is 0 Å². The molecular weight excluding hydrogens is 194 g/mol. The number of aryl methyl sites for hydroxylation is 1. The lowest BCUT2D eigenvalue weighted by atomic mass is 10.2. The van der Waals surface area contributed by atoms with Crippen molar-refractivity contribution in [1.29, 1.82) is 0 Å². The molecule has 0 aromatic carbocycles. The number of carbonyl (C=O) groups excluding carboxylic acids is 1. The summed E-state index contributed by atoms with van der Waals surface area (Å²) in [6.07, 6.45) is 5.08. The zero-order valence-electron chi connectivity index (χ0n) is 8.82. The van der Waals surface area contributed by atoms with Crippen LogP contribution in [0.15, 0.2) is 18.5 Å². The van der Waals surface area contributed by atoms with Crippen LogP contribution in [0.2, 0.25) is 0 Å². The Hall–Kier alpha value is -0.700. The molecule has 0 unspecified atom stereocenters. The maximum absolute atomic E-state index is 11.0. The van der Waals surface area contributed by atoms with Crippen molar-refractivity contribution in [2.45, 2.75) is 26.8 Å². The Morgan fingerprint density at radius 3 is 2.93 bits per heavy atom. The molecule has 78 valence electrons. The van der Waals surface area contributed by atoms with E-state index in [0.717, 1.165) is 12.1 Å². The fraction of sp³-hybridized carbons (Fsp3) is 0.545. The largest absolute Gasteiger partial charge is 0.353 e. The highest BCUT2D eigenvalue weighted by Gasteiger charge is 2.00. The molecule has 0 saturated heterocycles. The van der Waals surface area contributed by atoms with Crippen molar-refractivity contribution in [2.24, 2.45) is 0 Å². The third kappa shape index (κ3) is 3.58. The lowest BCUT2D eigenvalue weighted by Crippen LogP contribution is -1.96. The number of thioether (sulfide) groups is 1. The Kier molecular flexibility index (Phi) is 4.80. The number of nitrogens with zero attached hydrogens (tertiary/aromatic N) is 1. The van der Waals surface area contributed by atoms with Gasteiger partial charge in [0.05, 0.1) is 0 Å². The Balaban J connectivity index is 2.33. The summed E-state index contributed by atoms with van der Waals surface area (Å²) in [6, 6.07) is 1.88. The second-order valence-electron chi connectivity index (χ2n) is 3.24. The van der Waals surface area contributed by atoms with E-state index in [1.807, 2.05) is 30.2 Å². The molecule has 0 saturated carbocycles. The van der Waals surface area contributed by atoms with E-state index >= 15 is 0 Å². The van der Waals surface area contributed by atoms with Gasteiger partial charge in [0.25, 0.3) is 0 Å². The second-order valence-corrected chi connectivity index (χ2v) is 4.64. The lowest BCUT2D eigenvalue weighted by Gasteiger charge is -2.01. The number of aromatic nitrogens is 1. The van der Waals surface area contributed by atoms with Gasteiger partial charge in [-0.3, -0.25) is 4.79 Å². The number of hydrogen-bond acceptors (Lipinski definition) is 2. The van der Waals surface area contributed by atoms with Crippen LogP contribution in [-0.2, 0) is 6.54 Å². The average Bonchev–Trinajstić information content (AvgIpc) is 2.61. The highest BCUT2D eigenvalue weighted by atomic mass is 32.2. The van der Waals surface area contributed by atoms with E-state index in [-0.39, 0.29) is 5.78 Å². The highest BCUT2D eigenvalue weighted by Crippen LogP contribution is 2.06. The van der Waals surface area contributed by atoms with E-state index in [1.165, 1.54) is 17.9 Å². The lowest BCUT2D eigenvalue weighted by molar-refractivity contribution is 0.101. The Morgan fingerprint density at radius 2 is 2.36 bits per heavy atom. The average molecular weight is 211 g/mol. The van der Waals surface area contributed by atoms with Gasteiger partial charge in [0.2, 0.25) is 0 Å². The van der Waals surface area contributed by atoms with E-state index < -0.39 is 0 Å². The first-order valence-electron chi connectivity index (χ1n) is 4.98. The summed E-state index contributed by atoms with van der Waals surface area (Å²) >= 11 is 1.96. The van der Waals surface area contributed by atoms with Crippen LogP contribution < -0.4 is 0 Å². The molecule has 1 rings (SSSR count). The van der Waals surface area contributed by atoms with Crippen molar-refractivity contribution in [3.05, 3.63) is 24.0 Å². The molecule has 14 heavy (non-hydrogen) atoms. The summed E-state index contributed by atoms with van der Waals surface area (Å²) in [5.41, 5.74) is 0.813. The molecule has 1 aromatic rings. The van der Waals surface area contributed by atoms with Gasteiger partial charge in [-0.2, -0.15) is 11.8 Å². The maximum Gasteiger partial charge on any atom is 0.161 e. The van der Waals surface area contributed by atoms with Crippen molar-refractivity contribution in [2.75, 3.05) is 11.5 Å². The molecule has 0 amide bonds. The molecule has 0 spiro atoms. The number of rotatable bonds is 6. The molecule has 0 fully saturated rings. The molecule has 0 aliphatic carbocycles. The first kappa shape index (κ1) is 11.4. The summed E-state index contributed by atoms with van der Waals surface area (Å²) in [4.78, 5) is 11.0. The minimum Gasteiger partial charge on any atom is -0.353 e. The third-order valence-corrected chi connectivity index (χ3v) is 3.05. The van der Waals surface area contributed by atoms with Crippen molar-refractivity contribution in [1.82, 2.24) is 4.57 Å². The fourth-order valence-corrected chi connectivity index (χ4v) is 1.90. The van der Waals surface area contributed by atoms with Crippen LogP contribution in [-0.4, -0.2) is 21.9 Å². The minimum absolute atomic E-state index is 0.145. The van der Waals surface area contributed by atoms with Crippen molar-refractivity contribution >= 4 is 17.5 Å². The van der Waals surface area contributed by atoms with E-state index in [1.54, 1.807) is 6.92 Å². The Labute approximate surface area is 89.7 Å². The molecule has 2 nitrogen and oxygen atoms in total. The summed E-state index contributed by atoms with van der Waals surface area (Å²) in [5, 5.41) is 0. The van der Waals surface area contributed by atoms with Crippen LogP contribution >= 0.6 is 11.8 Å². The Morgan fingerprint density at radius 1 is 1.57 bits per heavy atom. The van der Waals surface area contributed by atoms with Crippen LogP contribution in [0.3, 0.4) is 0 Å². The zero-order chi connectivity index (χ0) is 10.4. The standard InChI is InChI=1S/C11H17NOS/c1-3-14-8-4-6-12-7-5-11(9-12)10(2)13/h5,7,9H,3-4,6,8H2,1-2H3. The van der Waals surface area contributed by atoms with Crippen LogP contribution in [0.5, 0.6) is 0 Å². The molecule has 0 bridgehead atoms. The van der Waals surface area contributed by atoms with E-state index in [4.69, 9.17) is 0 Å². The maximum atomic E-state index is 11.0. The predicted molar refractivity (Wildman–Crippen MR) is 62.1 cm³/mol. The van der Waals surface area contributed by atoms with Gasteiger partial charge < -0.3 is 4.57 Å². The van der Waals surface area contributed by atoms with Gasteiger partial charge in [0.15, 0.2) is 5.78 Å². The van der Waals surface area contributed by atoms with Crippen LogP contribution in [0, 0.1) is 0 Å². The zero-order valence-corrected chi connectivity index (χ0v) is 9.64. The number of Topliss-reactive ketones (excluding diaryl/α,β-unsaturated/α-hetero) is 1. The van der Waals surface area contributed by atoms with Crippen molar-refractivity contribution in [3.63, 3.8) is 0 Å². The number of carbonyl (C=O) groups is 1. The number of hydrogen-bond donors (Lipinski definition) is 0. The van der Waals surface area contributed by atoms with Gasteiger partial charge in [0.1, 0.15) is 0 Å². The Bertz CT molecular complexity index is 293. The third-order valence-electron chi connectivity index (χ3n) is 2.07. The normalized spacial score (nSPS) is 10.4. The summed E-state index contributed by atoms with van der Waals surface area (Å²) < 4.78 is 2.09. The molecule has 3 heteroatoms. The molecule has 1 aromatic heterocycles. The molecule has 0 N–H and O–H groups in total. The number of ketones is 1. The van der Waals surface area contributed by atoms with E-state index in [0.29, 0.717) is 0 Å². The van der Waals surface area contributed by atoms with Crippen LogP contribution in [0.4, 0.5) is 0 Å². The monoisotopic (exact) mass is 211 g/mol. The molecule has 0 aliphatic heterocycles. The van der Waals surface area contributed by atoms with Crippen LogP contribution in [0.25, 0.3) is 0 Å². The van der Waals surface area contributed by atoms with Gasteiger partial charge >= 0.3 is 0 Å². The smallest absolute Gasteiger partial charge is 0.161 e. The molecule has 0 atom stereocenters. The second kappa shape index (κ2) is 5.91. The fourth-order valence-electron chi connectivity index (χ4n) is 1.28. The molecule has 0 radical (unpaired) electrons. The van der Waals surface area contributed by atoms with E-state index in [2.05, 4.69) is 11.5 Å². The quantitative estimate of drug-likeness (QED) is 0.533.